The summed E-state index contributed by atoms with van der Waals surface area (Å²) in [6, 6.07) is 10.0. The number of primary amides is 1. The van der Waals surface area contributed by atoms with E-state index < -0.39 is 0 Å². The molecule has 2 aliphatic rings. The molecule has 5 nitrogen and oxygen atoms in total. The number of carbonyl (C=O) groups is 1. The molecule has 5 heteroatoms. The molecule has 1 aromatic carbocycles. The zero-order valence-electron chi connectivity index (χ0n) is 13.3. The van der Waals surface area contributed by atoms with Crippen LogP contribution in [0.5, 0.6) is 0 Å². The first-order chi connectivity index (χ1) is 11.2. The van der Waals surface area contributed by atoms with Crippen molar-refractivity contribution < 1.29 is 9.53 Å². The zero-order chi connectivity index (χ0) is 16.2. The van der Waals surface area contributed by atoms with Crippen molar-refractivity contribution in [2.75, 3.05) is 19.7 Å². The van der Waals surface area contributed by atoms with Crippen molar-refractivity contribution in [2.24, 2.45) is 17.6 Å². The van der Waals surface area contributed by atoms with Gasteiger partial charge in [-0.1, -0.05) is 18.2 Å². The summed E-state index contributed by atoms with van der Waals surface area (Å²) in [7, 11) is 0. The molecule has 0 bridgehead atoms. The maximum atomic E-state index is 11.5. The Kier molecular flexibility index (Phi) is 4.94. The van der Waals surface area contributed by atoms with Crippen molar-refractivity contribution in [3.8, 4) is 6.07 Å². The average Bonchev–Trinajstić information content (AvgIpc) is 3.06. The van der Waals surface area contributed by atoms with Crippen LogP contribution in [-0.2, 0) is 16.1 Å². The van der Waals surface area contributed by atoms with Crippen LogP contribution in [-0.4, -0.2) is 36.6 Å². The molecule has 2 fully saturated rings. The smallest absolute Gasteiger partial charge is 0.223 e. The third-order valence-electron chi connectivity index (χ3n) is 5.13. The molecular weight excluding hydrogens is 290 g/mol. The molecule has 0 spiro atoms. The number of hydrogen-bond acceptors (Lipinski definition) is 4. The topological polar surface area (TPSA) is 79.3 Å². The molecule has 122 valence electrons. The van der Waals surface area contributed by atoms with Crippen LogP contribution in [0.15, 0.2) is 24.3 Å². The monoisotopic (exact) mass is 313 g/mol. The van der Waals surface area contributed by atoms with Crippen LogP contribution in [0.4, 0.5) is 0 Å². The predicted octanol–water partition coefficient (Wildman–Crippen LogP) is 1.66. The van der Waals surface area contributed by atoms with Crippen molar-refractivity contribution in [3.63, 3.8) is 0 Å². The van der Waals surface area contributed by atoms with E-state index in [9.17, 15) is 10.1 Å². The molecule has 0 radical (unpaired) electrons. The van der Waals surface area contributed by atoms with Crippen LogP contribution in [0.3, 0.4) is 0 Å². The minimum atomic E-state index is -0.224. The largest absolute Gasteiger partial charge is 0.377 e. The molecule has 0 saturated carbocycles. The number of amides is 1. The van der Waals surface area contributed by atoms with Gasteiger partial charge in [0.2, 0.25) is 5.91 Å². The second-order valence-corrected chi connectivity index (χ2v) is 6.52. The number of benzene rings is 1. The number of nitriles is 1. The molecule has 1 amide bonds. The van der Waals surface area contributed by atoms with E-state index in [1.165, 1.54) is 0 Å². The van der Waals surface area contributed by atoms with Crippen LogP contribution >= 0.6 is 0 Å². The van der Waals surface area contributed by atoms with E-state index in [2.05, 4.69) is 11.0 Å². The van der Waals surface area contributed by atoms with E-state index in [0.29, 0.717) is 12.5 Å². The second kappa shape index (κ2) is 7.12. The van der Waals surface area contributed by atoms with Crippen LogP contribution in [0.1, 0.15) is 30.4 Å². The summed E-state index contributed by atoms with van der Waals surface area (Å²) in [5.41, 5.74) is 7.33. The molecule has 0 unspecified atom stereocenters. The Morgan fingerprint density at radius 1 is 1.30 bits per heavy atom. The molecule has 0 aromatic heterocycles. The quantitative estimate of drug-likeness (QED) is 0.917. The van der Waals surface area contributed by atoms with Crippen molar-refractivity contribution in [1.82, 2.24) is 4.90 Å². The molecule has 2 heterocycles. The highest BCUT2D eigenvalue weighted by atomic mass is 16.5. The molecule has 23 heavy (non-hydrogen) atoms. The molecule has 2 saturated heterocycles. The van der Waals surface area contributed by atoms with Gasteiger partial charge in [-0.25, -0.2) is 0 Å². The van der Waals surface area contributed by atoms with Gasteiger partial charge >= 0.3 is 0 Å². The lowest BCUT2D eigenvalue weighted by Crippen LogP contribution is -2.42. The predicted molar refractivity (Wildman–Crippen MR) is 86.2 cm³/mol. The number of nitrogens with two attached hydrogens (primary N) is 1. The van der Waals surface area contributed by atoms with Crippen LogP contribution < -0.4 is 5.73 Å². The third kappa shape index (κ3) is 3.54. The van der Waals surface area contributed by atoms with Gasteiger partial charge in [-0.3, -0.25) is 9.69 Å². The Morgan fingerprint density at radius 2 is 2.04 bits per heavy atom. The van der Waals surface area contributed by atoms with Gasteiger partial charge in [0.15, 0.2) is 0 Å². The molecular formula is C18H23N3O2. The highest BCUT2D eigenvalue weighted by Crippen LogP contribution is 2.33. The first-order valence-electron chi connectivity index (χ1n) is 8.30. The molecule has 1 aromatic rings. The summed E-state index contributed by atoms with van der Waals surface area (Å²) in [6.07, 6.45) is 2.79. The number of likely N-dealkylation sites (tertiary alicyclic amines) is 1. The standard InChI is InChI=1S/C18H23N3O2/c19-11-14-3-1-2-4-15(14)12-21-8-5-13(6-9-21)17-16(18(20)22)7-10-23-17/h1-4,13,16-17H,5-10,12H2,(H2,20,22)/t16-,17+/m0/s1. The number of carbonyl (C=O) groups excluding carboxylic acids is 1. The number of piperidine rings is 1. The number of hydrogen-bond donors (Lipinski definition) is 1. The van der Waals surface area contributed by atoms with E-state index in [1.54, 1.807) is 0 Å². The lowest BCUT2D eigenvalue weighted by molar-refractivity contribution is -0.124. The van der Waals surface area contributed by atoms with E-state index in [4.69, 9.17) is 10.5 Å². The minimum Gasteiger partial charge on any atom is -0.377 e. The van der Waals surface area contributed by atoms with Crippen molar-refractivity contribution in [3.05, 3.63) is 35.4 Å². The molecule has 3 rings (SSSR count). The summed E-state index contributed by atoms with van der Waals surface area (Å²) >= 11 is 0. The fraction of sp³-hybridized carbons (Fsp3) is 0.556. The lowest BCUT2D eigenvalue weighted by Gasteiger charge is -2.35. The SMILES string of the molecule is N#Cc1ccccc1CN1CCC([C@H]2OCC[C@@H]2C(N)=O)CC1. The second-order valence-electron chi connectivity index (χ2n) is 6.52. The Labute approximate surface area is 137 Å². The minimum absolute atomic E-state index is 0.000967. The van der Waals surface area contributed by atoms with Crippen molar-refractivity contribution >= 4 is 5.91 Å². The van der Waals surface area contributed by atoms with Crippen LogP contribution in [0, 0.1) is 23.2 Å². The van der Waals surface area contributed by atoms with Gasteiger partial charge in [-0.2, -0.15) is 5.26 Å². The van der Waals surface area contributed by atoms with E-state index in [0.717, 1.165) is 50.0 Å². The van der Waals surface area contributed by atoms with Gasteiger partial charge in [-0.15, -0.1) is 0 Å². The Morgan fingerprint density at radius 3 is 2.74 bits per heavy atom. The molecule has 0 aliphatic carbocycles. The van der Waals surface area contributed by atoms with Crippen LogP contribution in [0.2, 0.25) is 0 Å². The number of nitrogens with zero attached hydrogens (tertiary/aromatic N) is 2. The summed E-state index contributed by atoms with van der Waals surface area (Å²) in [4.78, 5) is 13.9. The first kappa shape index (κ1) is 16.0. The molecule has 2 N–H and O–H groups in total. The van der Waals surface area contributed by atoms with Gasteiger partial charge < -0.3 is 10.5 Å². The summed E-state index contributed by atoms with van der Waals surface area (Å²) in [5.74, 6) is 0.0706. The maximum Gasteiger partial charge on any atom is 0.223 e. The third-order valence-corrected chi connectivity index (χ3v) is 5.13. The molecule has 2 atom stereocenters. The number of ether oxygens (including phenoxy) is 1. The highest BCUT2D eigenvalue weighted by Gasteiger charge is 2.39. The maximum absolute atomic E-state index is 11.5. The summed E-state index contributed by atoms with van der Waals surface area (Å²) in [5, 5.41) is 9.19. The fourth-order valence-electron chi connectivity index (χ4n) is 3.83. The first-order valence-corrected chi connectivity index (χ1v) is 8.30. The van der Waals surface area contributed by atoms with Crippen molar-refractivity contribution in [2.45, 2.75) is 31.9 Å². The van der Waals surface area contributed by atoms with E-state index in [1.807, 2.05) is 24.3 Å². The fourth-order valence-corrected chi connectivity index (χ4v) is 3.83. The Balaban J connectivity index is 1.57. The molecule has 2 aliphatic heterocycles. The van der Waals surface area contributed by atoms with Gasteiger partial charge in [0.1, 0.15) is 0 Å². The number of rotatable bonds is 4. The summed E-state index contributed by atoms with van der Waals surface area (Å²) in [6.45, 7) is 3.39. The highest BCUT2D eigenvalue weighted by molar-refractivity contribution is 5.77. The van der Waals surface area contributed by atoms with Gasteiger partial charge in [0.05, 0.1) is 23.7 Å². The van der Waals surface area contributed by atoms with Crippen LogP contribution in [0.25, 0.3) is 0 Å². The Hall–Kier alpha value is -1.90. The Bertz CT molecular complexity index is 603. The van der Waals surface area contributed by atoms with Crippen molar-refractivity contribution in [1.29, 1.82) is 5.26 Å². The van der Waals surface area contributed by atoms with Gasteiger partial charge in [0.25, 0.3) is 0 Å². The lowest BCUT2D eigenvalue weighted by atomic mass is 9.84. The van der Waals surface area contributed by atoms with E-state index >= 15 is 0 Å². The van der Waals surface area contributed by atoms with Gasteiger partial charge in [-0.05, 0) is 49.9 Å². The van der Waals surface area contributed by atoms with Gasteiger partial charge in [0, 0.05) is 13.2 Å². The normalized spacial score (nSPS) is 26.0. The average molecular weight is 313 g/mol. The zero-order valence-corrected chi connectivity index (χ0v) is 13.3. The van der Waals surface area contributed by atoms with E-state index in [-0.39, 0.29) is 17.9 Å². The summed E-state index contributed by atoms with van der Waals surface area (Å²) < 4.78 is 5.79.